The highest BCUT2D eigenvalue weighted by Gasteiger charge is 2.32. The lowest BCUT2D eigenvalue weighted by Crippen LogP contribution is -2.29. The average Bonchev–Trinajstić information content (AvgIpc) is 2.34. The Morgan fingerprint density at radius 2 is 1.95 bits per heavy atom. The Labute approximate surface area is 113 Å². The zero-order valence-corrected chi connectivity index (χ0v) is 11.2. The maximum Gasteiger partial charge on any atom is 0.416 e. The first-order valence-electron chi connectivity index (χ1n) is 5.40. The van der Waals surface area contributed by atoms with Crippen molar-refractivity contribution in [2.45, 2.75) is 17.5 Å². The van der Waals surface area contributed by atoms with Gasteiger partial charge in [0.2, 0.25) is 10.0 Å². The molecular weight excluding hydrogens is 299 g/mol. The van der Waals surface area contributed by atoms with Gasteiger partial charge in [0.25, 0.3) is 0 Å². The normalized spacial score (nSPS) is 12.7. The molecular formula is C11H12F3NO4S. The van der Waals surface area contributed by atoms with Crippen molar-refractivity contribution in [2.75, 3.05) is 13.6 Å². The summed E-state index contributed by atoms with van der Waals surface area (Å²) in [6.45, 7) is -0.325. The van der Waals surface area contributed by atoms with Gasteiger partial charge in [-0.05, 0) is 18.2 Å². The van der Waals surface area contributed by atoms with Crippen LogP contribution in [0.2, 0.25) is 0 Å². The number of hydrogen-bond donors (Lipinski definition) is 1. The lowest BCUT2D eigenvalue weighted by molar-refractivity contribution is -0.138. The van der Waals surface area contributed by atoms with Crippen molar-refractivity contribution in [1.29, 1.82) is 0 Å². The summed E-state index contributed by atoms with van der Waals surface area (Å²) in [5.74, 6) is -1.20. The predicted molar refractivity (Wildman–Crippen MR) is 63.5 cm³/mol. The monoisotopic (exact) mass is 311 g/mol. The van der Waals surface area contributed by atoms with Crippen molar-refractivity contribution in [2.24, 2.45) is 0 Å². The van der Waals surface area contributed by atoms with Crippen molar-refractivity contribution >= 4 is 16.0 Å². The highest BCUT2D eigenvalue weighted by atomic mass is 32.2. The van der Waals surface area contributed by atoms with Gasteiger partial charge in [-0.3, -0.25) is 4.79 Å². The Bertz CT molecular complexity index is 598. The molecule has 0 unspecified atom stereocenters. The van der Waals surface area contributed by atoms with E-state index in [4.69, 9.17) is 5.11 Å². The molecule has 0 aliphatic carbocycles. The molecule has 0 spiro atoms. The summed E-state index contributed by atoms with van der Waals surface area (Å²) in [4.78, 5) is 9.85. The second kappa shape index (κ2) is 5.80. The third-order valence-corrected chi connectivity index (χ3v) is 4.36. The van der Waals surface area contributed by atoms with Crippen molar-refractivity contribution in [3.63, 3.8) is 0 Å². The second-order valence-corrected chi connectivity index (χ2v) is 6.04. The summed E-state index contributed by atoms with van der Waals surface area (Å²) in [6, 6.07) is 3.30. The van der Waals surface area contributed by atoms with Gasteiger partial charge < -0.3 is 5.11 Å². The fourth-order valence-electron chi connectivity index (χ4n) is 1.39. The van der Waals surface area contributed by atoms with Gasteiger partial charge in [-0.2, -0.15) is 13.2 Å². The zero-order valence-electron chi connectivity index (χ0n) is 10.4. The standard InChI is InChI=1S/C11H12F3NO4S/c1-15(6-5-10(16)17)20(18,19)9-4-2-3-8(7-9)11(12,13)14/h2-4,7H,5-6H2,1H3,(H,16,17). The van der Waals surface area contributed by atoms with E-state index < -0.39 is 39.0 Å². The van der Waals surface area contributed by atoms with E-state index in [0.717, 1.165) is 25.2 Å². The molecule has 0 bridgehead atoms. The number of hydrogen-bond acceptors (Lipinski definition) is 3. The molecule has 1 rings (SSSR count). The van der Waals surface area contributed by atoms with Gasteiger partial charge >= 0.3 is 12.1 Å². The summed E-state index contributed by atoms with van der Waals surface area (Å²) in [7, 11) is -3.04. The Morgan fingerprint density at radius 1 is 1.35 bits per heavy atom. The van der Waals surface area contributed by atoms with E-state index >= 15 is 0 Å². The van der Waals surface area contributed by atoms with E-state index in [1.54, 1.807) is 0 Å². The molecule has 0 heterocycles. The number of carbonyl (C=O) groups is 1. The van der Waals surface area contributed by atoms with Crippen LogP contribution in [-0.2, 0) is 21.0 Å². The average molecular weight is 311 g/mol. The van der Waals surface area contributed by atoms with Crippen LogP contribution >= 0.6 is 0 Å². The van der Waals surface area contributed by atoms with Gasteiger partial charge in [0.1, 0.15) is 0 Å². The van der Waals surface area contributed by atoms with E-state index in [9.17, 15) is 26.4 Å². The van der Waals surface area contributed by atoms with Crippen molar-refractivity contribution in [1.82, 2.24) is 4.31 Å². The van der Waals surface area contributed by atoms with Gasteiger partial charge in [-0.25, -0.2) is 12.7 Å². The molecule has 5 nitrogen and oxygen atoms in total. The van der Waals surface area contributed by atoms with Gasteiger partial charge in [0.05, 0.1) is 16.9 Å². The Hall–Kier alpha value is -1.61. The SMILES string of the molecule is CN(CCC(=O)O)S(=O)(=O)c1cccc(C(F)(F)F)c1. The molecule has 112 valence electrons. The first-order valence-corrected chi connectivity index (χ1v) is 6.84. The van der Waals surface area contributed by atoms with E-state index in [-0.39, 0.29) is 6.54 Å². The second-order valence-electron chi connectivity index (χ2n) is 4.00. The minimum absolute atomic E-state index is 0.325. The number of aliphatic carboxylic acids is 1. The molecule has 9 heteroatoms. The molecule has 0 fully saturated rings. The van der Waals surface area contributed by atoms with Gasteiger partial charge in [-0.1, -0.05) is 6.07 Å². The van der Waals surface area contributed by atoms with Crippen molar-refractivity contribution < 1.29 is 31.5 Å². The Morgan fingerprint density at radius 3 is 2.45 bits per heavy atom. The molecule has 0 saturated carbocycles. The number of carboxylic acids is 1. The molecule has 1 N–H and O–H groups in total. The Kier molecular flexibility index (Phi) is 4.77. The molecule has 1 aromatic rings. The van der Waals surface area contributed by atoms with Crippen LogP contribution in [0.15, 0.2) is 29.2 Å². The van der Waals surface area contributed by atoms with E-state index in [1.807, 2.05) is 0 Å². The number of rotatable bonds is 5. The molecule has 1 aromatic carbocycles. The minimum Gasteiger partial charge on any atom is -0.481 e. The van der Waals surface area contributed by atoms with Crippen LogP contribution in [0.25, 0.3) is 0 Å². The quantitative estimate of drug-likeness (QED) is 0.900. The van der Waals surface area contributed by atoms with Crippen LogP contribution in [0.5, 0.6) is 0 Å². The first kappa shape index (κ1) is 16.4. The van der Waals surface area contributed by atoms with Crippen LogP contribution in [0.1, 0.15) is 12.0 Å². The highest BCUT2D eigenvalue weighted by molar-refractivity contribution is 7.89. The first-order chi connectivity index (χ1) is 9.05. The highest BCUT2D eigenvalue weighted by Crippen LogP contribution is 2.30. The zero-order chi connectivity index (χ0) is 15.6. The number of alkyl halides is 3. The van der Waals surface area contributed by atoms with Crippen molar-refractivity contribution in [3.8, 4) is 0 Å². The molecule has 0 radical (unpaired) electrons. The van der Waals surface area contributed by atoms with Gasteiger partial charge in [0, 0.05) is 13.6 Å². The molecule has 20 heavy (non-hydrogen) atoms. The lowest BCUT2D eigenvalue weighted by Gasteiger charge is -2.17. The third-order valence-electron chi connectivity index (χ3n) is 2.51. The molecule has 0 saturated heterocycles. The summed E-state index contributed by atoms with van der Waals surface area (Å²) in [5.41, 5.74) is -1.08. The van der Waals surface area contributed by atoms with E-state index in [2.05, 4.69) is 0 Å². The summed E-state index contributed by atoms with van der Waals surface area (Å²) >= 11 is 0. The predicted octanol–water partition coefficient (Wildman–Crippen LogP) is 1.80. The number of benzene rings is 1. The fourth-order valence-corrected chi connectivity index (χ4v) is 2.60. The molecule has 0 atom stereocenters. The summed E-state index contributed by atoms with van der Waals surface area (Å²) < 4.78 is 62.3. The number of nitrogens with zero attached hydrogens (tertiary/aromatic N) is 1. The maximum atomic E-state index is 12.5. The number of carboxylic acid groups (broad SMARTS) is 1. The molecule has 0 aromatic heterocycles. The summed E-state index contributed by atoms with van der Waals surface area (Å²) in [6.07, 6.45) is -5.08. The molecule has 0 amide bonds. The van der Waals surface area contributed by atoms with Crippen LogP contribution in [0.3, 0.4) is 0 Å². The molecule has 0 aliphatic heterocycles. The lowest BCUT2D eigenvalue weighted by atomic mass is 10.2. The van der Waals surface area contributed by atoms with Crippen LogP contribution in [-0.4, -0.2) is 37.4 Å². The van der Waals surface area contributed by atoms with Crippen LogP contribution in [0.4, 0.5) is 13.2 Å². The van der Waals surface area contributed by atoms with Gasteiger partial charge in [0.15, 0.2) is 0 Å². The number of halogens is 3. The Balaban J connectivity index is 3.07. The van der Waals surface area contributed by atoms with Crippen LogP contribution in [0, 0.1) is 0 Å². The topological polar surface area (TPSA) is 74.7 Å². The minimum atomic E-state index is -4.65. The fraction of sp³-hybridized carbons (Fsp3) is 0.364. The largest absolute Gasteiger partial charge is 0.481 e. The maximum absolute atomic E-state index is 12.5. The van der Waals surface area contributed by atoms with Crippen LogP contribution < -0.4 is 0 Å². The van der Waals surface area contributed by atoms with E-state index in [0.29, 0.717) is 10.4 Å². The van der Waals surface area contributed by atoms with Crippen molar-refractivity contribution in [3.05, 3.63) is 29.8 Å². The van der Waals surface area contributed by atoms with Gasteiger partial charge in [-0.15, -0.1) is 0 Å². The van der Waals surface area contributed by atoms with E-state index in [1.165, 1.54) is 0 Å². The summed E-state index contributed by atoms with van der Waals surface area (Å²) in [5, 5.41) is 8.48. The molecule has 0 aliphatic rings. The third kappa shape index (κ3) is 3.94. The smallest absolute Gasteiger partial charge is 0.416 e. The number of sulfonamides is 1.